The Hall–Kier alpha value is -1.85. The number of nitrogens with two attached hydrogens (primary N) is 1. The van der Waals surface area contributed by atoms with E-state index in [2.05, 4.69) is 9.97 Å². The van der Waals surface area contributed by atoms with Crippen molar-refractivity contribution in [3.63, 3.8) is 0 Å². The van der Waals surface area contributed by atoms with Gasteiger partial charge in [-0.2, -0.15) is 4.31 Å². The largest absolute Gasteiger partial charge is 0.481 e. The zero-order chi connectivity index (χ0) is 16.9. The lowest BCUT2D eigenvalue weighted by Gasteiger charge is -2.39. The number of ether oxygens (including phenoxy) is 1. The molecule has 1 aromatic rings. The van der Waals surface area contributed by atoms with Gasteiger partial charge in [-0.3, -0.25) is 4.79 Å². The molecule has 3 N–H and O–H groups in total. The molecule has 2 fully saturated rings. The Morgan fingerprint density at radius 3 is 2.61 bits per heavy atom. The van der Waals surface area contributed by atoms with Crippen LogP contribution in [0.3, 0.4) is 0 Å². The first kappa shape index (κ1) is 16.0. The fourth-order valence-electron chi connectivity index (χ4n) is 3.00. The Labute approximate surface area is 131 Å². The number of hydrogen-bond acceptors (Lipinski definition) is 7. The van der Waals surface area contributed by atoms with Gasteiger partial charge in [0.1, 0.15) is 16.0 Å². The molecular weight excluding hydrogens is 331 g/mol. The maximum atomic E-state index is 15.2. The van der Waals surface area contributed by atoms with Crippen LogP contribution in [0.1, 0.15) is 6.42 Å². The fourth-order valence-corrected chi connectivity index (χ4v) is 4.44. The fraction of sp³-hybridized carbons (Fsp3) is 0.583. The molecule has 11 heteroatoms. The molecule has 0 aliphatic carbocycles. The summed E-state index contributed by atoms with van der Waals surface area (Å²) in [7, 11) is -4.13. The summed E-state index contributed by atoms with van der Waals surface area (Å²) in [6, 6.07) is 0. The number of fused-ring (bicyclic) bond motifs is 1. The maximum absolute atomic E-state index is 15.2. The van der Waals surface area contributed by atoms with E-state index < -0.39 is 40.2 Å². The average Bonchev–Trinajstić information content (AvgIpc) is 2.83. The highest BCUT2D eigenvalue weighted by molar-refractivity contribution is 7.89. The second-order valence-electron chi connectivity index (χ2n) is 5.71. The Morgan fingerprint density at radius 2 is 2.04 bits per heavy atom. The summed E-state index contributed by atoms with van der Waals surface area (Å²) in [6.07, 6.45) is 1.84. The van der Waals surface area contributed by atoms with E-state index in [1.54, 1.807) is 0 Å². The molecule has 0 aromatic carbocycles. The van der Waals surface area contributed by atoms with Gasteiger partial charge in [0, 0.05) is 26.1 Å². The van der Waals surface area contributed by atoms with Crippen molar-refractivity contribution in [3.05, 3.63) is 12.4 Å². The molecule has 0 radical (unpaired) electrons. The number of sulfonamides is 1. The van der Waals surface area contributed by atoms with E-state index in [-0.39, 0.29) is 30.5 Å². The van der Waals surface area contributed by atoms with Crippen LogP contribution in [0.25, 0.3) is 0 Å². The van der Waals surface area contributed by atoms with Gasteiger partial charge < -0.3 is 15.6 Å². The van der Waals surface area contributed by atoms with E-state index in [1.165, 1.54) is 0 Å². The summed E-state index contributed by atoms with van der Waals surface area (Å²) in [4.78, 5) is 18.6. The summed E-state index contributed by atoms with van der Waals surface area (Å²) in [5, 5.41) is 9.47. The van der Waals surface area contributed by atoms with E-state index in [4.69, 9.17) is 10.5 Å². The zero-order valence-corrected chi connectivity index (χ0v) is 12.8. The highest BCUT2D eigenvalue weighted by Gasteiger charge is 2.67. The minimum absolute atomic E-state index is 0.0460. The number of alkyl halides is 1. The summed E-state index contributed by atoms with van der Waals surface area (Å²) >= 11 is 0. The number of nitrogens with zero attached hydrogens (tertiary/aromatic N) is 3. The van der Waals surface area contributed by atoms with Crippen molar-refractivity contribution in [3.8, 4) is 0 Å². The monoisotopic (exact) mass is 346 g/mol. The number of hydrogen-bond donors (Lipinski definition) is 2. The van der Waals surface area contributed by atoms with Crippen molar-refractivity contribution >= 4 is 21.9 Å². The predicted molar refractivity (Wildman–Crippen MR) is 74.5 cm³/mol. The number of nitrogen functional groups attached to an aromatic ring is 1. The molecule has 126 valence electrons. The molecule has 2 atom stereocenters. The first-order valence-electron chi connectivity index (χ1n) is 6.79. The quantitative estimate of drug-likeness (QED) is 0.730. The maximum Gasteiger partial charge on any atom is 0.316 e. The topological polar surface area (TPSA) is 136 Å². The van der Waals surface area contributed by atoms with Crippen molar-refractivity contribution in [1.82, 2.24) is 14.3 Å². The van der Waals surface area contributed by atoms with Gasteiger partial charge in [-0.05, 0) is 0 Å². The van der Waals surface area contributed by atoms with Crippen molar-refractivity contribution in [2.24, 2.45) is 5.41 Å². The number of carboxylic acid groups (broad SMARTS) is 1. The van der Waals surface area contributed by atoms with Gasteiger partial charge in [0.15, 0.2) is 0 Å². The smallest absolute Gasteiger partial charge is 0.316 e. The van der Waals surface area contributed by atoms with Gasteiger partial charge >= 0.3 is 5.97 Å². The summed E-state index contributed by atoms with van der Waals surface area (Å²) in [6.45, 7) is -1.38. The van der Waals surface area contributed by atoms with Crippen LogP contribution in [-0.2, 0) is 19.6 Å². The first-order chi connectivity index (χ1) is 10.7. The number of aromatic nitrogens is 2. The molecule has 0 amide bonds. The molecule has 0 spiro atoms. The van der Waals surface area contributed by atoms with Crippen LogP contribution in [0.5, 0.6) is 0 Å². The Morgan fingerprint density at radius 1 is 1.39 bits per heavy atom. The molecule has 23 heavy (non-hydrogen) atoms. The Balaban J connectivity index is 1.99. The van der Waals surface area contributed by atoms with Gasteiger partial charge in [-0.1, -0.05) is 0 Å². The van der Waals surface area contributed by atoms with Crippen molar-refractivity contribution in [2.45, 2.75) is 17.0 Å². The number of anilines is 1. The molecule has 2 aliphatic heterocycles. The predicted octanol–water partition coefficient (Wildman–Crippen LogP) is -0.737. The second-order valence-corrected chi connectivity index (χ2v) is 7.64. The number of aliphatic carboxylic acids is 1. The average molecular weight is 346 g/mol. The normalized spacial score (nSPS) is 31.7. The molecular formula is C12H15FN4O5S. The van der Waals surface area contributed by atoms with E-state index in [0.717, 1.165) is 16.7 Å². The SMILES string of the molecule is Nc1ncc(S(=O)(=O)N2C[C@@]3(F)CCOC[C@@]3(C(=O)O)C2)cn1. The number of carboxylic acids is 1. The summed E-state index contributed by atoms with van der Waals surface area (Å²) in [5.41, 5.74) is 1.22. The highest BCUT2D eigenvalue weighted by atomic mass is 32.2. The van der Waals surface area contributed by atoms with Gasteiger partial charge in [0.2, 0.25) is 16.0 Å². The molecule has 0 bridgehead atoms. The molecule has 2 saturated heterocycles. The van der Waals surface area contributed by atoms with E-state index >= 15 is 4.39 Å². The van der Waals surface area contributed by atoms with Gasteiger partial charge in [-0.25, -0.2) is 22.8 Å². The van der Waals surface area contributed by atoms with Crippen LogP contribution >= 0.6 is 0 Å². The van der Waals surface area contributed by atoms with E-state index in [0.29, 0.717) is 0 Å². The summed E-state index contributed by atoms with van der Waals surface area (Å²) < 4.78 is 46.3. The van der Waals surface area contributed by atoms with Crippen molar-refractivity contribution in [2.75, 3.05) is 32.0 Å². The number of carbonyl (C=O) groups is 1. The van der Waals surface area contributed by atoms with Crippen molar-refractivity contribution < 1.29 is 27.4 Å². The van der Waals surface area contributed by atoms with Crippen LogP contribution in [-0.4, -0.2) is 65.7 Å². The highest BCUT2D eigenvalue weighted by Crippen LogP contribution is 2.49. The van der Waals surface area contributed by atoms with Crippen LogP contribution in [0, 0.1) is 5.41 Å². The van der Waals surface area contributed by atoms with Crippen LogP contribution in [0.15, 0.2) is 17.3 Å². The summed E-state index contributed by atoms with van der Waals surface area (Å²) in [5.74, 6) is -1.51. The molecule has 0 unspecified atom stereocenters. The van der Waals surface area contributed by atoms with Crippen LogP contribution in [0.2, 0.25) is 0 Å². The molecule has 3 heterocycles. The minimum Gasteiger partial charge on any atom is -0.481 e. The first-order valence-corrected chi connectivity index (χ1v) is 8.23. The van der Waals surface area contributed by atoms with Crippen molar-refractivity contribution in [1.29, 1.82) is 0 Å². The van der Waals surface area contributed by atoms with E-state index in [1.807, 2.05) is 0 Å². The zero-order valence-electron chi connectivity index (χ0n) is 12.0. The lowest BCUT2D eigenvalue weighted by atomic mass is 9.73. The van der Waals surface area contributed by atoms with Gasteiger partial charge in [0.05, 0.1) is 19.0 Å². The molecule has 2 aliphatic rings. The van der Waals surface area contributed by atoms with Gasteiger partial charge in [0.25, 0.3) is 0 Å². The lowest BCUT2D eigenvalue weighted by molar-refractivity contribution is -0.171. The Kier molecular flexibility index (Phi) is 3.54. The number of rotatable bonds is 3. The van der Waals surface area contributed by atoms with Gasteiger partial charge in [-0.15, -0.1) is 0 Å². The molecule has 3 rings (SSSR count). The van der Waals surface area contributed by atoms with Crippen LogP contribution in [0.4, 0.5) is 10.3 Å². The Bertz CT molecular complexity index is 742. The lowest BCUT2D eigenvalue weighted by Crippen LogP contribution is -2.56. The van der Waals surface area contributed by atoms with Crippen LogP contribution < -0.4 is 5.73 Å². The third-order valence-corrected chi connectivity index (χ3v) is 6.16. The number of halogens is 1. The third kappa shape index (κ3) is 2.26. The molecule has 9 nitrogen and oxygen atoms in total. The second kappa shape index (κ2) is 5.08. The third-order valence-electron chi connectivity index (χ3n) is 4.42. The molecule has 1 aromatic heterocycles. The molecule has 0 saturated carbocycles. The standard InChI is InChI=1S/C12H15FN4O5S/c13-12-1-2-22-7-11(12,9(18)19)5-17(6-12)23(20,21)8-3-15-10(14)16-4-8/h3-4H,1-2,5-7H2,(H,18,19)(H2,14,15,16)/t11-,12+/m1/s1. The minimum atomic E-state index is -4.13. The van der Waals surface area contributed by atoms with E-state index in [9.17, 15) is 18.3 Å².